The van der Waals surface area contributed by atoms with Crippen molar-refractivity contribution < 1.29 is 69.1 Å². The molecule has 1 rings (SSSR count). The Morgan fingerprint density at radius 1 is 1.19 bits per heavy atom. The van der Waals surface area contributed by atoms with Gasteiger partial charge in [-0.25, -0.2) is 0 Å². The molecule has 1 heterocycles. The van der Waals surface area contributed by atoms with Crippen molar-refractivity contribution in [3.05, 3.63) is 30.1 Å². The largest absolute Gasteiger partial charge is 1.00 e. The number of nitrogens with zero attached hydrogens (tertiary/aromatic N) is 1. The summed E-state index contributed by atoms with van der Waals surface area (Å²) in [6.45, 7) is -5.77. The normalized spacial score (nSPS) is 10.9. The maximum absolute atomic E-state index is 11.7. The molecule has 0 aliphatic carbocycles. The van der Waals surface area contributed by atoms with Crippen LogP contribution in [0.25, 0.3) is 0 Å². The zero-order valence-electron chi connectivity index (χ0n) is 9.20. The van der Waals surface area contributed by atoms with Gasteiger partial charge in [0.15, 0.2) is 0 Å². The molecule has 1 aromatic heterocycles. The van der Waals surface area contributed by atoms with Gasteiger partial charge in [0, 0.05) is 25.5 Å². The molecule has 1 aromatic rings. The van der Waals surface area contributed by atoms with E-state index in [1.165, 1.54) is 0 Å². The predicted molar refractivity (Wildman–Crippen MR) is 52.5 cm³/mol. The molecule has 0 aromatic carbocycles. The van der Waals surface area contributed by atoms with Crippen LogP contribution in [-0.4, -0.2) is 25.1 Å². The molecule has 0 saturated carbocycles. The summed E-state index contributed by atoms with van der Waals surface area (Å²) in [5.74, 6) is 0. The Morgan fingerprint density at radius 2 is 1.81 bits per heavy atom. The molecule has 0 N–H and O–H groups in total. The quantitative estimate of drug-likeness (QED) is 0.502. The summed E-state index contributed by atoms with van der Waals surface area (Å²) >= 11 is 0. The summed E-state index contributed by atoms with van der Waals surface area (Å²) in [6, 6.07) is 3.68. The van der Waals surface area contributed by atoms with Crippen LogP contribution in [-0.2, 0) is 11.2 Å². The first-order chi connectivity index (χ1) is 7.08. The minimum absolute atomic E-state index is 0. The molecular weight excluding hydrogens is 245 g/mol. The Bertz CT molecular complexity index is 284. The Morgan fingerprint density at radius 3 is 2.38 bits per heavy atom. The van der Waals surface area contributed by atoms with Gasteiger partial charge < -0.3 is 17.7 Å². The second kappa shape index (κ2) is 8.66. The van der Waals surface area contributed by atoms with Crippen LogP contribution >= 0.6 is 0 Å². The van der Waals surface area contributed by atoms with E-state index in [9.17, 15) is 12.9 Å². The zero-order valence-corrected chi connectivity index (χ0v) is 12.3. The van der Waals surface area contributed by atoms with Crippen LogP contribution in [0.2, 0.25) is 0 Å². The van der Waals surface area contributed by atoms with E-state index in [0.717, 1.165) is 5.56 Å². The predicted octanol–water partition coefficient (Wildman–Crippen LogP) is -0.579. The van der Waals surface area contributed by atoms with Crippen molar-refractivity contribution in [3.63, 3.8) is 0 Å². The second-order valence-corrected chi connectivity index (χ2v) is 3.24. The van der Waals surface area contributed by atoms with Gasteiger partial charge in [-0.1, -0.05) is 0 Å². The van der Waals surface area contributed by atoms with Gasteiger partial charge in [0.1, 0.15) is 0 Å². The van der Waals surface area contributed by atoms with E-state index in [1.54, 1.807) is 12.4 Å². The Hall–Kier alpha value is 0.601. The van der Waals surface area contributed by atoms with E-state index in [0.29, 0.717) is 12.8 Å². The fraction of sp³-hybridized carbons (Fsp3) is 0.444. The van der Waals surface area contributed by atoms with Gasteiger partial charge in [-0.05, 0) is 30.5 Å². The third kappa shape index (κ3) is 8.72. The van der Waals surface area contributed by atoms with Gasteiger partial charge in [0.25, 0.3) is 0 Å². The summed E-state index contributed by atoms with van der Waals surface area (Å²) < 4.78 is 39.7. The fourth-order valence-corrected chi connectivity index (χ4v) is 1.14. The summed E-state index contributed by atoms with van der Waals surface area (Å²) in [4.78, 5) is 3.84. The van der Waals surface area contributed by atoms with Crippen molar-refractivity contribution >= 4 is 6.98 Å². The standard InChI is InChI=1S/C9H12BF3NO.K/c11-10(12,13)8-15-7-1-2-9-3-5-14-6-4-9;/h3-6H,1-2,7-8H2;/q-1;+1. The first-order valence-electron chi connectivity index (χ1n) is 4.75. The van der Waals surface area contributed by atoms with Gasteiger partial charge in [-0.3, -0.25) is 4.98 Å². The SMILES string of the molecule is F[B-](F)(F)COCCCc1ccncc1.[K+]. The summed E-state index contributed by atoms with van der Waals surface area (Å²) in [6.07, 6.45) is 4.63. The van der Waals surface area contributed by atoms with Crippen molar-refractivity contribution in [1.29, 1.82) is 0 Å². The molecule has 0 aliphatic rings. The maximum atomic E-state index is 11.7. The van der Waals surface area contributed by atoms with Crippen molar-refractivity contribution in [1.82, 2.24) is 4.98 Å². The molecule has 0 radical (unpaired) electrons. The summed E-state index contributed by atoms with van der Waals surface area (Å²) in [5.41, 5.74) is 1.06. The molecule has 2 nitrogen and oxygen atoms in total. The van der Waals surface area contributed by atoms with E-state index >= 15 is 0 Å². The molecule has 16 heavy (non-hydrogen) atoms. The zero-order chi connectivity index (χ0) is 11.1. The molecule has 0 bridgehead atoms. The molecule has 0 spiro atoms. The maximum Gasteiger partial charge on any atom is 1.00 e. The van der Waals surface area contributed by atoms with Crippen molar-refractivity contribution in [2.75, 3.05) is 13.1 Å². The van der Waals surface area contributed by atoms with Crippen molar-refractivity contribution in [2.45, 2.75) is 12.8 Å². The van der Waals surface area contributed by atoms with E-state index in [2.05, 4.69) is 9.72 Å². The van der Waals surface area contributed by atoms with Crippen LogP contribution in [0.4, 0.5) is 12.9 Å². The van der Waals surface area contributed by atoms with Gasteiger partial charge in [-0.15, -0.1) is 0 Å². The molecule has 0 fully saturated rings. The average Bonchev–Trinajstić information content (AvgIpc) is 2.17. The molecular formula is C9H12BF3KNO. The van der Waals surface area contributed by atoms with Crippen LogP contribution in [0.5, 0.6) is 0 Å². The summed E-state index contributed by atoms with van der Waals surface area (Å²) in [7, 11) is 0. The number of halogens is 3. The van der Waals surface area contributed by atoms with Gasteiger partial charge in [0.05, 0.1) is 0 Å². The summed E-state index contributed by atoms with van der Waals surface area (Å²) in [5, 5.41) is 0. The number of aromatic nitrogens is 1. The van der Waals surface area contributed by atoms with E-state index in [1.807, 2.05) is 12.1 Å². The van der Waals surface area contributed by atoms with Crippen LogP contribution in [0.3, 0.4) is 0 Å². The van der Waals surface area contributed by atoms with Gasteiger partial charge in [0.2, 0.25) is 0 Å². The molecule has 7 heteroatoms. The molecule has 0 saturated heterocycles. The monoisotopic (exact) mass is 257 g/mol. The minimum Gasteiger partial charge on any atom is -0.447 e. The number of hydrogen-bond donors (Lipinski definition) is 0. The number of pyridine rings is 1. The average molecular weight is 257 g/mol. The van der Waals surface area contributed by atoms with Crippen LogP contribution in [0.1, 0.15) is 12.0 Å². The molecule has 84 valence electrons. The second-order valence-electron chi connectivity index (χ2n) is 3.24. The first kappa shape index (κ1) is 16.6. The fourth-order valence-electron chi connectivity index (χ4n) is 1.14. The molecule has 0 atom stereocenters. The molecule has 0 aliphatic heterocycles. The minimum atomic E-state index is -4.81. The smallest absolute Gasteiger partial charge is 0.447 e. The van der Waals surface area contributed by atoms with Crippen molar-refractivity contribution in [3.8, 4) is 0 Å². The Labute approximate surface area is 135 Å². The third-order valence-corrected chi connectivity index (χ3v) is 1.81. The van der Waals surface area contributed by atoms with Crippen LogP contribution in [0, 0.1) is 0 Å². The van der Waals surface area contributed by atoms with Gasteiger partial charge >= 0.3 is 58.4 Å². The number of ether oxygens (including phenoxy) is 1. The topological polar surface area (TPSA) is 22.1 Å². The number of hydrogen-bond acceptors (Lipinski definition) is 2. The van der Waals surface area contributed by atoms with Crippen LogP contribution < -0.4 is 51.4 Å². The van der Waals surface area contributed by atoms with Gasteiger partial charge in [-0.2, -0.15) is 0 Å². The molecule has 0 unspecified atom stereocenters. The number of rotatable bonds is 6. The first-order valence-corrected chi connectivity index (χ1v) is 4.75. The Balaban J connectivity index is 0.00000225. The van der Waals surface area contributed by atoms with E-state index in [4.69, 9.17) is 0 Å². The van der Waals surface area contributed by atoms with E-state index in [-0.39, 0.29) is 58.0 Å². The Kier molecular flexibility index (Phi) is 8.98. The van der Waals surface area contributed by atoms with E-state index < -0.39 is 13.5 Å². The number of aryl methyl sites for hydroxylation is 1. The molecule has 0 amide bonds. The van der Waals surface area contributed by atoms with Crippen LogP contribution in [0.15, 0.2) is 24.5 Å². The third-order valence-electron chi connectivity index (χ3n) is 1.81. The van der Waals surface area contributed by atoms with Crippen molar-refractivity contribution in [2.24, 2.45) is 0 Å².